The number of carbonyl (C=O) groups excluding carboxylic acids is 1. The van der Waals surface area contributed by atoms with E-state index in [9.17, 15) is 14.9 Å². The van der Waals surface area contributed by atoms with E-state index in [1.54, 1.807) is 25.4 Å². The van der Waals surface area contributed by atoms with Gasteiger partial charge in [-0.1, -0.05) is 12.1 Å². The number of hydrogen-bond acceptors (Lipinski definition) is 5. The normalized spacial score (nSPS) is 9.96. The summed E-state index contributed by atoms with van der Waals surface area (Å²) in [5.74, 6) is -0.503. The van der Waals surface area contributed by atoms with Crippen molar-refractivity contribution in [3.8, 4) is 0 Å². The molecule has 2 aromatic rings. The van der Waals surface area contributed by atoms with Gasteiger partial charge in [0, 0.05) is 36.1 Å². The zero-order valence-electron chi connectivity index (χ0n) is 12.3. The molecule has 7 nitrogen and oxygen atoms in total. The van der Waals surface area contributed by atoms with Crippen LogP contribution >= 0.6 is 12.2 Å². The third-order valence-corrected chi connectivity index (χ3v) is 3.32. The van der Waals surface area contributed by atoms with Gasteiger partial charge in [0.05, 0.1) is 4.92 Å². The number of hydrogen-bond donors (Lipinski definition) is 2. The van der Waals surface area contributed by atoms with Crippen molar-refractivity contribution in [3.05, 3.63) is 69.5 Å². The van der Waals surface area contributed by atoms with Gasteiger partial charge < -0.3 is 5.32 Å². The molecule has 1 heterocycles. The van der Waals surface area contributed by atoms with Gasteiger partial charge in [-0.3, -0.25) is 25.2 Å². The smallest absolute Gasteiger partial charge is 0.273 e. The summed E-state index contributed by atoms with van der Waals surface area (Å²) in [6.45, 7) is 2.03. The Bertz CT molecular complexity index is 750. The highest BCUT2D eigenvalue weighted by atomic mass is 32.1. The van der Waals surface area contributed by atoms with Crippen LogP contribution in [0.15, 0.2) is 42.7 Å². The lowest BCUT2D eigenvalue weighted by atomic mass is 10.1. The second-order valence-electron chi connectivity index (χ2n) is 4.76. The average Bonchev–Trinajstić information content (AvgIpc) is 2.54. The molecule has 2 rings (SSSR count). The lowest BCUT2D eigenvalue weighted by Crippen LogP contribution is -2.38. The fourth-order valence-corrected chi connectivity index (χ4v) is 2.02. The number of benzene rings is 1. The maximum absolute atomic E-state index is 12.1. The number of pyridine rings is 1. The molecule has 23 heavy (non-hydrogen) atoms. The Kier molecular flexibility index (Phi) is 5.32. The Morgan fingerprint density at radius 2 is 2.17 bits per heavy atom. The van der Waals surface area contributed by atoms with Gasteiger partial charge in [0.1, 0.15) is 0 Å². The Labute approximate surface area is 137 Å². The highest BCUT2D eigenvalue weighted by molar-refractivity contribution is 7.80. The summed E-state index contributed by atoms with van der Waals surface area (Å²) in [6, 6.07) is 7.94. The summed E-state index contributed by atoms with van der Waals surface area (Å²) in [5.41, 5.74) is 1.47. The van der Waals surface area contributed by atoms with Crippen LogP contribution in [0.1, 0.15) is 21.5 Å². The number of thiocarbonyl (C=S) groups is 1. The average molecular weight is 330 g/mol. The Morgan fingerprint density at radius 1 is 1.39 bits per heavy atom. The first-order chi connectivity index (χ1) is 11.0. The summed E-state index contributed by atoms with van der Waals surface area (Å²) >= 11 is 5.04. The van der Waals surface area contributed by atoms with Gasteiger partial charge in [0.25, 0.3) is 11.6 Å². The number of rotatable bonds is 4. The first kappa shape index (κ1) is 16.5. The van der Waals surface area contributed by atoms with E-state index in [4.69, 9.17) is 12.2 Å². The van der Waals surface area contributed by atoms with Crippen molar-refractivity contribution in [2.45, 2.75) is 13.5 Å². The molecule has 0 aliphatic carbocycles. The Balaban J connectivity index is 1.97. The van der Waals surface area contributed by atoms with E-state index < -0.39 is 10.8 Å². The zero-order valence-corrected chi connectivity index (χ0v) is 13.1. The van der Waals surface area contributed by atoms with Crippen molar-refractivity contribution in [2.24, 2.45) is 0 Å². The third kappa shape index (κ3) is 4.55. The van der Waals surface area contributed by atoms with Gasteiger partial charge in [-0.05, 0) is 36.8 Å². The van der Waals surface area contributed by atoms with Crippen LogP contribution in [-0.4, -0.2) is 20.9 Å². The van der Waals surface area contributed by atoms with E-state index in [0.717, 1.165) is 5.56 Å². The molecule has 0 saturated heterocycles. The van der Waals surface area contributed by atoms with Crippen molar-refractivity contribution in [3.63, 3.8) is 0 Å². The van der Waals surface area contributed by atoms with Gasteiger partial charge in [0.15, 0.2) is 5.11 Å². The molecule has 0 spiro atoms. The summed E-state index contributed by atoms with van der Waals surface area (Å²) in [4.78, 5) is 26.4. The summed E-state index contributed by atoms with van der Waals surface area (Å²) < 4.78 is 0. The molecule has 1 aromatic carbocycles. The van der Waals surface area contributed by atoms with Crippen LogP contribution in [0.4, 0.5) is 5.69 Å². The minimum atomic E-state index is -0.523. The maximum atomic E-state index is 12.1. The number of nitro benzene ring substituents is 1. The summed E-state index contributed by atoms with van der Waals surface area (Å²) in [6.07, 6.45) is 3.34. The first-order valence-corrected chi connectivity index (χ1v) is 7.11. The molecule has 1 aromatic heterocycles. The molecule has 0 aliphatic heterocycles. The highest BCUT2D eigenvalue weighted by Gasteiger charge is 2.15. The number of nitro groups is 1. The number of aryl methyl sites for hydroxylation is 1. The van der Waals surface area contributed by atoms with E-state index in [1.165, 1.54) is 18.2 Å². The summed E-state index contributed by atoms with van der Waals surface area (Å²) in [5, 5.41) is 16.4. The minimum absolute atomic E-state index is 0.105. The van der Waals surface area contributed by atoms with Crippen molar-refractivity contribution < 1.29 is 9.72 Å². The van der Waals surface area contributed by atoms with Gasteiger partial charge in [-0.15, -0.1) is 0 Å². The van der Waals surface area contributed by atoms with E-state index in [0.29, 0.717) is 12.1 Å². The van der Waals surface area contributed by atoms with E-state index in [-0.39, 0.29) is 16.4 Å². The molecule has 0 saturated carbocycles. The van der Waals surface area contributed by atoms with Crippen LogP contribution in [0.5, 0.6) is 0 Å². The van der Waals surface area contributed by atoms with Crippen molar-refractivity contribution >= 4 is 28.9 Å². The molecule has 0 fully saturated rings. The predicted molar refractivity (Wildman–Crippen MR) is 89.0 cm³/mol. The quantitative estimate of drug-likeness (QED) is 0.506. The van der Waals surface area contributed by atoms with Gasteiger partial charge >= 0.3 is 0 Å². The largest absolute Gasteiger partial charge is 0.358 e. The number of carbonyl (C=O) groups is 1. The van der Waals surface area contributed by atoms with E-state index in [1.807, 2.05) is 6.07 Å². The van der Waals surface area contributed by atoms with Crippen LogP contribution in [0, 0.1) is 17.0 Å². The lowest BCUT2D eigenvalue weighted by Gasteiger charge is -2.09. The fraction of sp³-hybridized carbons (Fsp3) is 0.133. The Hall–Kier alpha value is -2.87. The van der Waals surface area contributed by atoms with E-state index in [2.05, 4.69) is 15.6 Å². The second-order valence-corrected chi connectivity index (χ2v) is 5.16. The van der Waals surface area contributed by atoms with Crippen LogP contribution in [0.2, 0.25) is 0 Å². The monoisotopic (exact) mass is 330 g/mol. The van der Waals surface area contributed by atoms with Gasteiger partial charge in [0.2, 0.25) is 0 Å². The molecule has 0 radical (unpaired) electrons. The maximum Gasteiger partial charge on any atom is 0.273 e. The summed E-state index contributed by atoms with van der Waals surface area (Å²) in [7, 11) is 0. The number of amides is 1. The van der Waals surface area contributed by atoms with Crippen molar-refractivity contribution in [1.82, 2.24) is 15.6 Å². The molecule has 0 unspecified atom stereocenters. The number of nitrogens with zero attached hydrogens (tertiary/aromatic N) is 2. The van der Waals surface area contributed by atoms with Crippen molar-refractivity contribution in [1.29, 1.82) is 0 Å². The highest BCUT2D eigenvalue weighted by Crippen LogP contribution is 2.19. The molecule has 0 atom stereocenters. The Morgan fingerprint density at radius 3 is 2.83 bits per heavy atom. The molecule has 0 aliphatic rings. The van der Waals surface area contributed by atoms with Crippen LogP contribution < -0.4 is 10.6 Å². The molecular weight excluding hydrogens is 316 g/mol. The van der Waals surface area contributed by atoms with Gasteiger partial charge in [-0.25, -0.2) is 0 Å². The molecule has 0 bridgehead atoms. The van der Waals surface area contributed by atoms with Crippen LogP contribution in [-0.2, 0) is 6.54 Å². The lowest BCUT2D eigenvalue weighted by molar-refractivity contribution is -0.385. The topological polar surface area (TPSA) is 97.2 Å². The molecule has 8 heteroatoms. The number of nitrogens with one attached hydrogen (secondary N) is 2. The first-order valence-electron chi connectivity index (χ1n) is 6.70. The SMILES string of the molecule is Cc1ccc(C(=O)NC(=S)NCc2cccnc2)cc1[N+](=O)[O-]. The van der Waals surface area contributed by atoms with Crippen LogP contribution in [0.3, 0.4) is 0 Å². The van der Waals surface area contributed by atoms with Gasteiger partial charge in [-0.2, -0.15) is 0 Å². The zero-order chi connectivity index (χ0) is 16.8. The number of aromatic nitrogens is 1. The predicted octanol–water partition coefficient (Wildman–Crippen LogP) is 2.10. The standard InChI is InChI=1S/C15H14N4O3S/c1-10-4-5-12(7-13(10)19(21)22)14(20)18-15(23)17-9-11-3-2-6-16-8-11/h2-8H,9H2,1H3,(H2,17,18,20,23). The van der Waals surface area contributed by atoms with Crippen molar-refractivity contribution in [2.75, 3.05) is 0 Å². The fourth-order valence-electron chi connectivity index (χ4n) is 1.85. The third-order valence-electron chi connectivity index (χ3n) is 3.07. The molecule has 2 N–H and O–H groups in total. The molecule has 118 valence electrons. The minimum Gasteiger partial charge on any atom is -0.358 e. The van der Waals surface area contributed by atoms with E-state index >= 15 is 0 Å². The molecule has 1 amide bonds. The van der Waals surface area contributed by atoms with Crippen LogP contribution in [0.25, 0.3) is 0 Å². The molecular formula is C15H14N4O3S. The second kappa shape index (κ2) is 7.41.